The summed E-state index contributed by atoms with van der Waals surface area (Å²) in [6.07, 6.45) is 0. The Morgan fingerprint density at radius 1 is 1.00 bits per heavy atom. The van der Waals surface area contributed by atoms with Gasteiger partial charge in [0.1, 0.15) is 0 Å². The summed E-state index contributed by atoms with van der Waals surface area (Å²) in [5.41, 5.74) is 5.43. The average Bonchev–Trinajstić information content (AvgIpc) is 2.67. The molecule has 0 radical (unpaired) electrons. The number of hydrogen-bond donors (Lipinski definition) is 2. The zero-order chi connectivity index (χ0) is 16.8. The standard InChI is InChI=1S/C13H21N7O4/c14-10(18-21)9-24-13-16-11(19-1-5-22-6-2-19)15-12(17-13)20-3-7-23-8-4-20/h21H,1-9H2,(H2,14,18). The number of ether oxygens (including phenoxy) is 3. The summed E-state index contributed by atoms with van der Waals surface area (Å²) in [4.78, 5) is 17.3. The number of anilines is 2. The van der Waals surface area contributed by atoms with Crippen LogP contribution < -0.4 is 20.3 Å². The Balaban J connectivity index is 1.82. The van der Waals surface area contributed by atoms with Gasteiger partial charge in [0.15, 0.2) is 12.4 Å². The number of morpholine rings is 2. The summed E-state index contributed by atoms with van der Waals surface area (Å²) in [6.45, 7) is 5.19. The van der Waals surface area contributed by atoms with Crippen LogP contribution in [-0.4, -0.2) is 85.2 Å². The Morgan fingerprint density at radius 2 is 1.50 bits per heavy atom. The van der Waals surface area contributed by atoms with Gasteiger partial charge in [0, 0.05) is 26.2 Å². The molecule has 2 aliphatic heterocycles. The SMILES string of the molecule is N/C(COc1nc(N2CCOCC2)nc(N2CCOCC2)n1)=N/O. The second-order valence-corrected chi connectivity index (χ2v) is 5.30. The van der Waals surface area contributed by atoms with Gasteiger partial charge >= 0.3 is 6.01 Å². The van der Waals surface area contributed by atoms with Crippen molar-refractivity contribution in [3.63, 3.8) is 0 Å². The fraction of sp³-hybridized carbons (Fsp3) is 0.692. The number of amidine groups is 1. The molecule has 2 aliphatic rings. The molecule has 1 aromatic rings. The van der Waals surface area contributed by atoms with E-state index in [1.165, 1.54) is 0 Å². The lowest BCUT2D eigenvalue weighted by atomic mass is 10.4. The van der Waals surface area contributed by atoms with Crippen molar-refractivity contribution in [3.05, 3.63) is 0 Å². The Labute approximate surface area is 139 Å². The first-order valence-corrected chi connectivity index (χ1v) is 7.77. The molecule has 2 saturated heterocycles. The van der Waals surface area contributed by atoms with Gasteiger partial charge in [0.25, 0.3) is 0 Å². The Morgan fingerprint density at radius 3 is 1.96 bits per heavy atom. The van der Waals surface area contributed by atoms with E-state index in [4.69, 9.17) is 25.2 Å². The highest BCUT2D eigenvalue weighted by molar-refractivity contribution is 5.81. The van der Waals surface area contributed by atoms with Gasteiger partial charge in [0.2, 0.25) is 11.9 Å². The number of oxime groups is 1. The minimum Gasteiger partial charge on any atom is -0.455 e. The van der Waals surface area contributed by atoms with E-state index >= 15 is 0 Å². The summed E-state index contributed by atoms with van der Waals surface area (Å²) in [5, 5.41) is 11.5. The summed E-state index contributed by atoms with van der Waals surface area (Å²) in [5.74, 6) is 1.00. The van der Waals surface area contributed by atoms with Gasteiger partial charge < -0.3 is 35.0 Å². The third-order valence-electron chi connectivity index (χ3n) is 3.66. The van der Waals surface area contributed by atoms with E-state index in [2.05, 4.69) is 20.1 Å². The maximum atomic E-state index is 8.62. The van der Waals surface area contributed by atoms with Gasteiger partial charge in [-0.05, 0) is 0 Å². The molecule has 2 fully saturated rings. The minimum atomic E-state index is -0.106. The van der Waals surface area contributed by atoms with Crippen molar-refractivity contribution in [2.45, 2.75) is 0 Å². The predicted octanol–water partition coefficient (Wildman–Crippen LogP) is -1.33. The number of aromatic nitrogens is 3. The molecule has 11 nitrogen and oxygen atoms in total. The van der Waals surface area contributed by atoms with Gasteiger partial charge in [-0.2, -0.15) is 15.0 Å². The third-order valence-corrected chi connectivity index (χ3v) is 3.66. The molecule has 3 heterocycles. The second-order valence-electron chi connectivity index (χ2n) is 5.30. The number of nitrogens with two attached hydrogens (primary N) is 1. The molecule has 1 aromatic heterocycles. The van der Waals surface area contributed by atoms with Gasteiger partial charge in [0.05, 0.1) is 26.4 Å². The molecule has 0 unspecified atom stereocenters. The van der Waals surface area contributed by atoms with E-state index in [1.54, 1.807) is 0 Å². The van der Waals surface area contributed by atoms with E-state index in [0.29, 0.717) is 64.5 Å². The lowest BCUT2D eigenvalue weighted by Crippen LogP contribution is -2.40. The molecule has 0 spiro atoms. The highest BCUT2D eigenvalue weighted by atomic mass is 16.5. The Bertz CT molecular complexity index is 537. The van der Waals surface area contributed by atoms with E-state index < -0.39 is 0 Å². The normalized spacial score (nSPS) is 19.4. The van der Waals surface area contributed by atoms with E-state index in [9.17, 15) is 0 Å². The first-order chi connectivity index (χ1) is 11.8. The quantitative estimate of drug-likeness (QED) is 0.288. The fourth-order valence-corrected chi connectivity index (χ4v) is 2.38. The van der Waals surface area contributed by atoms with Gasteiger partial charge in [-0.3, -0.25) is 0 Å². The third kappa shape index (κ3) is 4.11. The molecule has 24 heavy (non-hydrogen) atoms. The van der Waals surface area contributed by atoms with Crippen LogP contribution in [-0.2, 0) is 9.47 Å². The van der Waals surface area contributed by atoms with Crippen LogP contribution in [0.5, 0.6) is 6.01 Å². The van der Waals surface area contributed by atoms with Crippen LogP contribution >= 0.6 is 0 Å². The summed E-state index contributed by atoms with van der Waals surface area (Å²) < 4.78 is 16.1. The smallest absolute Gasteiger partial charge is 0.323 e. The van der Waals surface area contributed by atoms with Crippen LogP contribution in [0.25, 0.3) is 0 Å². The van der Waals surface area contributed by atoms with E-state index in [-0.39, 0.29) is 18.5 Å². The largest absolute Gasteiger partial charge is 0.455 e. The summed E-state index contributed by atoms with van der Waals surface area (Å²) in [7, 11) is 0. The molecule has 3 N–H and O–H groups in total. The zero-order valence-electron chi connectivity index (χ0n) is 13.3. The lowest BCUT2D eigenvalue weighted by molar-refractivity contribution is 0.121. The van der Waals surface area contributed by atoms with Crippen LogP contribution in [0.15, 0.2) is 5.16 Å². The van der Waals surface area contributed by atoms with Crippen LogP contribution in [0.3, 0.4) is 0 Å². The molecule has 0 saturated carbocycles. The van der Waals surface area contributed by atoms with Crippen molar-refractivity contribution in [2.24, 2.45) is 10.9 Å². The first-order valence-electron chi connectivity index (χ1n) is 7.77. The molecule has 132 valence electrons. The molecule has 3 rings (SSSR count). The Hall–Kier alpha value is -2.40. The topological polar surface area (TPSA) is 131 Å². The lowest BCUT2D eigenvalue weighted by Gasteiger charge is -2.30. The minimum absolute atomic E-state index is 0.0590. The molecule has 0 aliphatic carbocycles. The van der Waals surface area contributed by atoms with E-state index in [1.807, 2.05) is 9.80 Å². The predicted molar refractivity (Wildman–Crippen MR) is 84.8 cm³/mol. The van der Waals surface area contributed by atoms with Crippen molar-refractivity contribution in [2.75, 3.05) is 69.0 Å². The molecule has 0 bridgehead atoms. The molecule has 0 amide bonds. The fourth-order valence-electron chi connectivity index (χ4n) is 2.38. The number of rotatable bonds is 5. The Kier molecular flexibility index (Phi) is 5.43. The van der Waals surface area contributed by atoms with Crippen molar-refractivity contribution < 1.29 is 19.4 Å². The van der Waals surface area contributed by atoms with Crippen molar-refractivity contribution in [3.8, 4) is 6.01 Å². The zero-order valence-corrected chi connectivity index (χ0v) is 13.3. The van der Waals surface area contributed by atoms with Crippen molar-refractivity contribution in [1.29, 1.82) is 0 Å². The second kappa shape index (κ2) is 7.93. The van der Waals surface area contributed by atoms with Crippen molar-refractivity contribution >= 4 is 17.7 Å². The summed E-state index contributed by atoms with van der Waals surface area (Å²) >= 11 is 0. The van der Waals surface area contributed by atoms with Gasteiger partial charge in [-0.25, -0.2) is 0 Å². The maximum absolute atomic E-state index is 8.62. The molecular formula is C13H21N7O4. The van der Waals surface area contributed by atoms with Crippen LogP contribution in [0.4, 0.5) is 11.9 Å². The monoisotopic (exact) mass is 339 g/mol. The number of nitrogens with zero attached hydrogens (tertiary/aromatic N) is 6. The highest BCUT2D eigenvalue weighted by Gasteiger charge is 2.21. The van der Waals surface area contributed by atoms with Crippen LogP contribution in [0.2, 0.25) is 0 Å². The van der Waals surface area contributed by atoms with Gasteiger partial charge in [-0.1, -0.05) is 5.16 Å². The maximum Gasteiger partial charge on any atom is 0.323 e. The summed E-state index contributed by atoms with van der Waals surface area (Å²) in [6, 6.07) is 0.139. The van der Waals surface area contributed by atoms with Crippen LogP contribution in [0, 0.1) is 0 Å². The van der Waals surface area contributed by atoms with E-state index in [0.717, 1.165) is 0 Å². The molecule has 0 aromatic carbocycles. The van der Waals surface area contributed by atoms with Crippen LogP contribution in [0.1, 0.15) is 0 Å². The van der Waals surface area contributed by atoms with Gasteiger partial charge in [-0.15, -0.1) is 0 Å². The average molecular weight is 339 g/mol. The number of hydrogen-bond acceptors (Lipinski definition) is 10. The molecular weight excluding hydrogens is 318 g/mol. The molecule has 11 heteroatoms. The molecule has 0 atom stereocenters. The van der Waals surface area contributed by atoms with Crippen molar-refractivity contribution in [1.82, 2.24) is 15.0 Å². The first kappa shape index (κ1) is 16.5. The highest BCUT2D eigenvalue weighted by Crippen LogP contribution is 2.19.